The Kier molecular flexibility index (Phi) is 8.68. The van der Waals surface area contributed by atoms with E-state index in [-0.39, 0.29) is 6.17 Å². The smallest absolute Gasteiger partial charge is 0.130 e. The summed E-state index contributed by atoms with van der Waals surface area (Å²) < 4.78 is 2.41. The Balaban J connectivity index is 1.08. The minimum atomic E-state index is -0.0509. The van der Waals surface area contributed by atoms with Gasteiger partial charge in [0, 0.05) is 17.1 Å². The monoisotopic (exact) mass is 805 g/mol. The number of pyridine rings is 1. The number of fused-ring (bicyclic) bond motifs is 6. The van der Waals surface area contributed by atoms with Gasteiger partial charge in [-0.1, -0.05) is 169 Å². The summed E-state index contributed by atoms with van der Waals surface area (Å²) in [5.74, 6) is 0. The lowest BCUT2D eigenvalue weighted by Crippen LogP contribution is -2.26. The first-order valence-electron chi connectivity index (χ1n) is 21.8. The molecule has 3 heteroatoms. The SMILES string of the molecule is Cc1cc(-c2ccccc2)c(-c2c3ccccc3c(-c3cccc(-c4ccc5c(c4)c4ncccc4n5C4NC=Cc5ccccc54)c3)c3cc(C)ccc23)c(-c2ccccc2)c1. The van der Waals surface area contributed by atoms with Crippen molar-refractivity contribution in [2.24, 2.45) is 0 Å². The van der Waals surface area contributed by atoms with Crippen LogP contribution in [0, 0.1) is 13.8 Å². The van der Waals surface area contributed by atoms with Crippen LogP contribution in [-0.4, -0.2) is 9.55 Å². The van der Waals surface area contributed by atoms with Crippen molar-refractivity contribution < 1.29 is 0 Å². The van der Waals surface area contributed by atoms with Crippen molar-refractivity contribution in [2.75, 3.05) is 0 Å². The summed E-state index contributed by atoms with van der Waals surface area (Å²) in [4.78, 5) is 4.98. The molecule has 1 N–H and O–H groups in total. The van der Waals surface area contributed by atoms with Gasteiger partial charge in [0.05, 0.1) is 16.6 Å². The minimum absolute atomic E-state index is 0.0509. The number of benzene rings is 9. The third-order valence-electron chi connectivity index (χ3n) is 13.0. The van der Waals surface area contributed by atoms with E-state index in [1.54, 1.807) is 0 Å². The Labute approximate surface area is 367 Å². The van der Waals surface area contributed by atoms with E-state index >= 15 is 0 Å². The van der Waals surface area contributed by atoms with Crippen LogP contribution in [0.3, 0.4) is 0 Å². The van der Waals surface area contributed by atoms with Crippen molar-refractivity contribution in [3.63, 3.8) is 0 Å². The van der Waals surface area contributed by atoms with Gasteiger partial charge in [0.1, 0.15) is 6.17 Å². The molecular formula is C60H43N3. The molecule has 298 valence electrons. The largest absolute Gasteiger partial charge is 0.367 e. The second kappa shape index (κ2) is 14.9. The molecule has 0 spiro atoms. The lowest BCUT2D eigenvalue weighted by molar-refractivity contribution is 0.558. The first-order chi connectivity index (χ1) is 31.1. The van der Waals surface area contributed by atoms with Gasteiger partial charge in [-0.15, -0.1) is 0 Å². The number of nitrogens with one attached hydrogen (secondary N) is 1. The van der Waals surface area contributed by atoms with Gasteiger partial charge < -0.3 is 9.88 Å². The van der Waals surface area contributed by atoms with Crippen LogP contribution in [0.5, 0.6) is 0 Å². The summed E-state index contributed by atoms with van der Waals surface area (Å²) in [7, 11) is 0. The van der Waals surface area contributed by atoms with Gasteiger partial charge >= 0.3 is 0 Å². The zero-order valence-corrected chi connectivity index (χ0v) is 35.2. The molecule has 0 fully saturated rings. The van der Waals surface area contributed by atoms with E-state index in [4.69, 9.17) is 4.98 Å². The van der Waals surface area contributed by atoms with E-state index < -0.39 is 0 Å². The van der Waals surface area contributed by atoms with Gasteiger partial charge in [-0.3, -0.25) is 4.98 Å². The maximum absolute atomic E-state index is 4.98. The Morgan fingerprint density at radius 1 is 0.429 bits per heavy atom. The number of hydrogen-bond acceptors (Lipinski definition) is 2. The van der Waals surface area contributed by atoms with Crippen LogP contribution >= 0.6 is 0 Å². The first kappa shape index (κ1) is 36.8. The summed E-state index contributed by atoms with van der Waals surface area (Å²) >= 11 is 0. The molecule has 3 nitrogen and oxygen atoms in total. The topological polar surface area (TPSA) is 29.9 Å². The third-order valence-corrected chi connectivity index (χ3v) is 13.0. The van der Waals surface area contributed by atoms with Crippen LogP contribution in [-0.2, 0) is 0 Å². The van der Waals surface area contributed by atoms with Crippen molar-refractivity contribution in [2.45, 2.75) is 20.0 Å². The van der Waals surface area contributed by atoms with Crippen molar-refractivity contribution in [1.29, 1.82) is 0 Å². The molecule has 11 aromatic rings. The molecule has 9 aromatic carbocycles. The fraction of sp³-hybridized carbons (Fsp3) is 0.0500. The normalized spacial score (nSPS) is 13.5. The molecule has 1 atom stereocenters. The molecule has 1 aliphatic heterocycles. The summed E-state index contributed by atoms with van der Waals surface area (Å²) in [5, 5.41) is 9.76. The molecular weight excluding hydrogens is 763 g/mol. The summed E-state index contributed by atoms with van der Waals surface area (Å²) in [5.41, 5.74) is 20.4. The van der Waals surface area contributed by atoms with E-state index in [9.17, 15) is 0 Å². The molecule has 3 heterocycles. The highest BCUT2D eigenvalue weighted by molar-refractivity contribution is 6.24. The highest BCUT2D eigenvalue weighted by Gasteiger charge is 2.25. The zero-order valence-electron chi connectivity index (χ0n) is 35.2. The zero-order chi connectivity index (χ0) is 42.0. The number of hydrogen-bond donors (Lipinski definition) is 1. The maximum Gasteiger partial charge on any atom is 0.130 e. The Morgan fingerprint density at radius 2 is 1.08 bits per heavy atom. The number of nitrogens with zero attached hydrogens (tertiary/aromatic N) is 2. The van der Waals surface area contributed by atoms with E-state index in [1.165, 1.54) is 93.9 Å². The predicted molar refractivity (Wildman–Crippen MR) is 266 cm³/mol. The lowest BCUT2D eigenvalue weighted by atomic mass is 9.80. The molecule has 1 unspecified atom stereocenters. The van der Waals surface area contributed by atoms with Gasteiger partial charge in [-0.25, -0.2) is 0 Å². The van der Waals surface area contributed by atoms with E-state index in [0.29, 0.717) is 0 Å². The summed E-state index contributed by atoms with van der Waals surface area (Å²) in [6.07, 6.45) is 6.07. The van der Waals surface area contributed by atoms with Crippen LogP contribution in [0.25, 0.3) is 105 Å². The lowest BCUT2D eigenvalue weighted by Gasteiger charge is -2.26. The molecule has 0 saturated heterocycles. The second-order valence-corrected chi connectivity index (χ2v) is 16.9. The van der Waals surface area contributed by atoms with E-state index in [0.717, 1.165) is 27.5 Å². The maximum atomic E-state index is 4.98. The van der Waals surface area contributed by atoms with Gasteiger partial charge in [0.2, 0.25) is 0 Å². The number of aryl methyl sites for hydroxylation is 2. The Morgan fingerprint density at radius 3 is 1.86 bits per heavy atom. The van der Waals surface area contributed by atoms with E-state index in [1.807, 2.05) is 12.3 Å². The minimum Gasteiger partial charge on any atom is -0.367 e. The van der Waals surface area contributed by atoms with Crippen molar-refractivity contribution in [1.82, 2.24) is 14.9 Å². The van der Waals surface area contributed by atoms with Crippen molar-refractivity contribution in [3.8, 4) is 55.6 Å². The molecule has 12 rings (SSSR count). The van der Waals surface area contributed by atoms with Crippen molar-refractivity contribution >= 4 is 49.6 Å². The molecule has 0 radical (unpaired) electrons. The van der Waals surface area contributed by atoms with Gasteiger partial charge in [0.15, 0.2) is 0 Å². The number of aromatic nitrogens is 2. The van der Waals surface area contributed by atoms with Crippen LogP contribution < -0.4 is 5.32 Å². The summed E-state index contributed by atoms with van der Waals surface area (Å²) in [6.45, 7) is 4.43. The molecule has 0 amide bonds. The highest BCUT2D eigenvalue weighted by Crippen LogP contribution is 2.50. The molecule has 0 saturated carbocycles. The van der Waals surface area contributed by atoms with Crippen LogP contribution in [0.15, 0.2) is 207 Å². The van der Waals surface area contributed by atoms with Crippen molar-refractivity contribution in [3.05, 3.63) is 229 Å². The quantitative estimate of drug-likeness (QED) is 0.170. The molecule has 2 aromatic heterocycles. The standard InChI is InChI=1S/C60H43N3/c1-38-26-28-49-52(33-38)56(47-23-11-12-24-48(47)57(49)58-50(40-15-5-3-6-16-40)34-39(2)35-51(58)41-17-7-4-8-18-41)45-21-13-20-43(36-45)44-27-29-54-53(37-44)59-55(25-14-31-61-59)63(54)60-46-22-10-9-19-42(46)30-32-62-60/h3-37,60,62H,1-2H3. The van der Waals surface area contributed by atoms with Crippen LogP contribution in [0.1, 0.15) is 28.4 Å². The Bertz CT molecular complexity index is 3550. The highest BCUT2D eigenvalue weighted by atomic mass is 15.2. The van der Waals surface area contributed by atoms with Gasteiger partial charge in [-0.2, -0.15) is 0 Å². The summed E-state index contributed by atoms with van der Waals surface area (Å²) in [6, 6.07) is 71.5. The Hall–Kier alpha value is -8.01. The number of rotatable bonds is 6. The van der Waals surface area contributed by atoms with Gasteiger partial charge in [0.25, 0.3) is 0 Å². The van der Waals surface area contributed by atoms with Crippen LogP contribution in [0.2, 0.25) is 0 Å². The van der Waals surface area contributed by atoms with Gasteiger partial charge in [-0.05, 0) is 145 Å². The first-order valence-corrected chi connectivity index (χ1v) is 21.8. The molecule has 1 aliphatic rings. The average Bonchev–Trinajstić information content (AvgIpc) is 3.67. The fourth-order valence-corrected chi connectivity index (χ4v) is 10.2. The third kappa shape index (κ3) is 6.07. The van der Waals surface area contributed by atoms with E-state index in [2.05, 4.69) is 224 Å². The fourth-order valence-electron chi connectivity index (χ4n) is 10.2. The predicted octanol–water partition coefficient (Wildman–Crippen LogP) is 15.6. The molecule has 0 bridgehead atoms. The molecule has 63 heavy (non-hydrogen) atoms. The molecule has 0 aliphatic carbocycles. The average molecular weight is 806 g/mol. The second-order valence-electron chi connectivity index (χ2n) is 16.9. The van der Waals surface area contributed by atoms with Crippen LogP contribution in [0.4, 0.5) is 0 Å².